The minimum absolute atomic E-state index is 0.134. The molecule has 1 rings (SSSR count). The SMILES string of the molecule is CC(C#N)C(=O)NC1CCSC1. The molecule has 0 spiro atoms. The largest absolute Gasteiger partial charge is 0.351 e. The molecule has 2 unspecified atom stereocenters. The monoisotopic (exact) mass is 184 g/mol. The van der Waals surface area contributed by atoms with Crippen molar-refractivity contribution < 1.29 is 4.79 Å². The molecule has 0 aromatic carbocycles. The maximum atomic E-state index is 11.2. The van der Waals surface area contributed by atoms with Gasteiger partial charge in [-0.15, -0.1) is 0 Å². The third-order valence-electron chi connectivity index (χ3n) is 1.86. The van der Waals surface area contributed by atoms with Crippen LogP contribution in [0, 0.1) is 17.2 Å². The average molecular weight is 184 g/mol. The van der Waals surface area contributed by atoms with E-state index in [9.17, 15) is 4.79 Å². The van der Waals surface area contributed by atoms with Crippen molar-refractivity contribution in [2.24, 2.45) is 5.92 Å². The van der Waals surface area contributed by atoms with Crippen molar-refractivity contribution in [2.45, 2.75) is 19.4 Å². The van der Waals surface area contributed by atoms with E-state index in [0.717, 1.165) is 17.9 Å². The fraction of sp³-hybridized carbons (Fsp3) is 0.750. The van der Waals surface area contributed by atoms with Gasteiger partial charge in [-0.1, -0.05) is 0 Å². The molecule has 0 bridgehead atoms. The number of thioether (sulfide) groups is 1. The summed E-state index contributed by atoms with van der Waals surface area (Å²) in [5.74, 6) is 1.45. The number of nitriles is 1. The molecule has 2 atom stereocenters. The Morgan fingerprint density at radius 1 is 1.83 bits per heavy atom. The number of carbonyl (C=O) groups is 1. The standard InChI is InChI=1S/C8H12N2OS/c1-6(4-9)8(11)10-7-2-3-12-5-7/h6-7H,2-3,5H2,1H3,(H,10,11). The lowest BCUT2D eigenvalue weighted by Gasteiger charge is -2.11. The van der Waals surface area contributed by atoms with Crippen LogP contribution in [0.2, 0.25) is 0 Å². The van der Waals surface area contributed by atoms with Crippen molar-refractivity contribution in [1.29, 1.82) is 5.26 Å². The van der Waals surface area contributed by atoms with Crippen LogP contribution in [0.1, 0.15) is 13.3 Å². The smallest absolute Gasteiger partial charge is 0.237 e. The molecular formula is C8H12N2OS. The first-order valence-corrected chi connectivity index (χ1v) is 5.17. The van der Waals surface area contributed by atoms with E-state index in [1.54, 1.807) is 6.92 Å². The van der Waals surface area contributed by atoms with E-state index in [2.05, 4.69) is 5.32 Å². The van der Waals surface area contributed by atoms with Gasteiger partial charge in [0.25, 0.3) is 0 Å². The predicted octanol–water partition coefficient (Wildman–Crippen LogP) is 0.768. The van der Waals surface area contributed by atoms with Gasteiger partial charge in [-0.2, -0.15) is 17.0 Å². The summed E-state index contributed by atoms with van der Waals surface area (Å²) in [6.45, 7) is 1.62. The molecule has 66 valence electrons. The van der Waals surface area contributed by atoms with Crippen LogP contribution in [0.25, 0.3) is 0 Å². The highest BCUT2D eigenvalue weighted by atomic mass is 32.2. The highest BCUT2D eigenvalue weighted by Crippen LogP contribution is 2.17. The Bertz CT molecular complexity index is 206. The normalized spacial score (nSPS) is 24.5. The predicted molar refractivity (Wildman–Crippen MR) is 48.6 cm³/mol. The average Bonchev–Trinajstić information content (AvgIpc) is 2.55. The molecule has 1 N–H and O–H groups in total. The fourth-order valence-electron chi connectivity index (χ4n) is 1.03. The van der Waals surface area contributed by atoms with Crippen LogP contribution in [0.15, 0.2) is 0 Å². The van der Waals surface area contributed by atoms with Crippen LogP contribution in [-0.4, -0.2) is 23.5 Å². The minimum Gasteiger partial charge on any atom is -0.351 e. The first-order valence-electron chi connectivity index (χ1n) is 4.01. The molecule has 1 amide bonds. The number of amides is 1. The summed E-state index contributed by atoms with van der Waals surface area (Å²) in [7, 11) is 0. The summed E-state index contributed by atoms with van der Waals surface area (Å²) in [4.78, 5) is 11.2. The molecule has 1 saturated heterocycles. The maximum Gasteiger partial charge on any atom is 0.237 e. The zero-order chi connectivity index (χ0) is 8.97. The van der Waals surface area contributed by atoms with E-state index in [4.69, 9.17) is 5.26 Å². The van der Waals surface area contributed by atoms with Gasteiger partial charge in [0.1, 0.15) is 5.92 Å². The molecule has 1 aliphatic rings. The van der Waals surface area contributed by atoms with Crippen LogP contribution in [0.4, 0.5) is 0 Å². The number of carbonyl (C=O) groups excluding carboxylic acids is 1. The van der Waals surface area contributed by atoms with Crippen LogP contribution < -0.4 is 5.32 Å². The number of hydrogen-bond acceptors (Lipinski definition) is 3. The molecule has 0 radical (unpaired) electrons. The van der Waals surface area contributed by atoms with Gasteiger partial charge in [-0.3, -0.25) is 4.79 Å². The van der Waals surface area contributed by atoms with Crippen molar-refractivity contribution in [3.8, 4) is 6.07 Å². The van der Waals surface area contributed by atoms with Gasteiger partial charge >= 0.3 is 0 Å². The lowest BCUT2D eigenvalue weighted by atomic mass is 10.1. The van der Waals surface area contributed by atoms with E-state index < -0.39 is 5.92 Å². The molecule has 0 saturated carbocycles. The Morgan fingerprint density at radius 3 is 3.08 bits per heavy atom. The van der Waals surface area contributed by atoms with Crippen molar-refractivity contribution in [3.63, 3.8) is 0 Å². The molecule has 0 aromatic rings. The first kappa shape index (κ1) is 9.40. The van der Waals surface area contributed by atoms with E-state index in [0.29, 0.717) is 6.04 Å². The molecule has 0 aliphatic carbocycles. The van der Waals surface area contributed by atoms with E-state index in [1.807, 2.05) is 17.8 Å². The van der Waals surface area contributed by atoms with Crippen molar-refractivity contribution >= 4 is 17.7 Å². The van der Waals surface area contributed by atoms with Crippen molar-refractivity contribution in [3.05, 3.63) is 0 Å². The Hall–Kier alpha value is -0.690. The molecule has 0 aromatic heterocycles. The molecule has 4 heteroatoms. The van der Waals surface area contributed by atoms with Crippen molar-refractivity contribution in [1.82, 2.24) is 5.32 Å². The Labute approximate surface area is 76.5 Å². The molecule has 3 nitrogen and oxygen atoms in total. The summed E-state index contributed by atoms with van der Waals surface area (Å²) < 4.78 is 0. The summed E-state index contributed by atoms with van der Waals surface area (Å²) in [5, 5.41) is 11.3. The third-order valence-corrected chi connectivity index (χ3v) is 3.03. The Kier molecular flexibility index (Phi) is 3.42. The summed E-state index contributed by atoms with van der Waals surface area (Å²) in [6, 6.07) is 2.21. The highest BCUT2D eigenvalue weighted by molar-refractivity contribution is 7.99. The second-order valence-corrected chi connectivity index (χ2v) is 4.07. The lowest BCUT2D eigenvalue weighted by Crippen LogP contribution is -2.37. The van der Waals surface area contributed by atoms with Gasteiger partial charge in [0, 0.05) is 11.8 Å². The maximum absolute atomic E-state index is 11.2. The van der Waals surface area contributed by atoms with Crippen LogP contribution in [0.5, 0.6) is 0 Å². The van der Waals surface area contributed by atoms with Gasteiger partial charge in [0.2, 0.25) is 5.91 Å². The number of hydrogen-bond donors (Lipinski definition) is 1. The van der Waals surface area contributed by atoms with Gasteiger partial charge in [0.15, 0.2) is 0 Å². The van der Waals surface area contributed by atoms with Crippen LogP contribution in [-0.2, 0) is 4.79 Å². The Balaban J connectivity index is 2.31. The summed E-state index contributed by atoms with van der Waals surface area (Å²) >= 11 is 1.85. The van der Waals surface area contributed by atoms with Crippen LogP contribution in [0.3, 0.4) is 0 Å². The fourth-order valence-corrected chi connectivity index (χ4v) is 2.19. The van der Waals surface area contributed by atoms with Gasteiger partial charge in [-0.25, -0.2) is 0 Å². The second kappa shape index (κ2) is 4.36. The number of nitrogens with zero attached hydrogens (tertiary/aromatic N) is 1. The molecular weight excluding hydrogens is 172 g/mol. The second-order valence-electron chi connectivity index (χ2n) is 2.92. The van der Waals surface area contributed by atoms with E-state index in [1.165, 1.54) is 0 Å². The molecule has 12 heavy (non-hydrogen) atoms. The third kappa shape index (κ3) is 2.42. The topological polar surface area (TPSA) is 52.9 Å². The minimum atomic E-state index is -0.518. The van der Waals surface area contributed by atoms with E-state index in [-0.39, 0.29) is 5.91 Å². The highest BCUT2D eigenvalue weighted by Gasteiger charge is 2.20. The van der Waals surface area contributed by atoms with Crippen LogP contribution >= 0.6 is 11.8 Å². The molecule has 1 aliphatic heterocycles. The van der Waals surface area contributed by atoms with Gasteiger partial charge < -0.3 is 5.32 Å². The molecule has 1 fully saturated rings. The van der Waals surface area contributed by atoms with Gasteiger partial charge in [0.05, 0.1) is 6.07 Å². The summed E-state index contributed by atoms with van der Waals surface area (Å²) in [6.07, 6.45) is 1.04. The van der Waals surface area contributed by atoms with E-state index >= 15 is 0 Å². The number of nitrogens with one attached hydrogen (secondary N) is 1. The quantitative estimate of drug-likeness (QED) is 0.689. The Morgan fingerprint density at radius 2 is 2.58 bits per heavy atom. The first-order chi connectivity index (χ1) is 5.74. The van der Waals surface area contributed by atoms with Crippen molar-refractivity contribution in [2.75, 3.05) is 11.5 Å². The zero-order valence-electron chi connectivity index (χ0n) is 7.04. The number of rotatable bonds is 2. The molecule has 1 heterocycles. The summed E-state index contributed by atoms with van der Waals surface area (Å²) in [5.41, 5.74) is 0. The lowest BCUT2D eigenvalue weighted by molar-refractivity contribution is -0.123. The zero-order valence-corrected chi connectivity index (χ0v) is 7.86. The van der Waals surface area contributed by atoms with Gasteiger partial charge in [-0.05, 0) is 19.1 Å².